The summed E-state index contributed by atoms with van der Waals surface area (Å²) in [5.74, 6) is 0.488. The standard InChI is InChI=1S/C21H25FN6O2/c1-14(2)20-26-24-13-27(20)11-10-23-21(29)17-8-12-30-19(17)18-7-9-25-28(18)16-5-3-15(22)4-6-16/h3-7,9,13-14,17,19H,8,10-12H2,1-2H3,(H,23,29)/t17-,19-/m0/s1. The van der Waals surface area contributed by atoms with E-state index in [1.165, 1.54) is 12.1 Å². The van der Waals surface area contributed by atoms with Crippen LogP contribution < -0.4 is 5.32 Å². The van der Waals surface area contributed by atoms with Gasteiger partial charge in [0.2, 0.25) is 5.91 Å². The molecule has 1 N–H and O–H groups in total. The molecule has 158 valence electrons. The molecule has 30 heavy (non-hydrogen) atoms. The van der Waals surface area contributed by atoms with Crippen LogP contribution in [0.25, 0.3) is 5.69 Å². The van der Waals surface area contributed by atoms with E-state index in [1.807, 2.05) is 10.6 Å². The molecule has 0 unspecified atom stereocenters. The van der Waals surface area contributed by atoms with Crippen LogP contribution in [-0.4, -0.2) is 43.6 Å². The van der Waals surface area contributed by atoms with E-state index in [0.717, 1.165) is 17.2 Å². The highest BCUT2D eigenvalue weighted by atomic mass is 19.1. The Kier molecular flexibility index (Phi) is 5.89. The highest BCUT2D eigenvalue weighted by molar-refractivity contribution is 5.79. The molecule has 4 rings (SSSR count). The molecule has 3 aromatic rings. The lowest BCUT2D eigenvalue weighted by Crippen LogP contribution is -2.35. The van der Waals surface area contributed by atoms with Gasteiger partial charge < -0.3 is 14.6 Å². The minimum atomic E-state index is -0.404. The van der Waals surface area contributed by atoms with E-state index in [0.29, 0.717) is 26.1 Å². The molecule has 2 atom stereocenters. The van der Waals surface area contributed by atoms with Crippen LogP contribution in [0.1, 0.15) is 43.8 Å². The maximum absolute atomic E-state index is 13.3. The fourth-order valence-corrected chi connectivity index (χ4v) is 3.79. The molecule has 1 saturated heterocycles. The second-order valence-electron chi connectivity index (χ2n) is 7.66. The van der Waals surface area contributed by atoms with Crippen LogP contribution in [0.2, 0.25) is 0 Å². The molecule has 3 heterocycles. The van der Waals surface area contributed by atoms with Gasteiger partial charge >= 0.3 is 0 Å². The summed E-state index contributed by atoms with van der Waals surface area (Å²) in [6.07, 6.45) is 3.58. The van der Waals surface area contributed by atoms with Gasteiger partial charge in [-0.25, -0.2) is 9.07 Å². The maximum Gasteiger partial charge on any atom is 0.226 e. The van der Waals surface area contributed by atoms with Crippen molar-refractivity contribution in [2.45, 2.75) is 38.8 Å². The molecule has 8 nitrogen and oxygen atoms in total. The third-order valence-electron chi connectivity index (χ3n) is 5.28. The monoisotopic (exact) mass is 412 g/mol. The van der Waals surface area contributed by atoms with Gasteiger partial charge in [-0.1, -0.05) is 13.8 Å². The van der Waals surface area contributed by atoms with E-state index >= 15 is 0 Å². The first kappa shape index (κ1) is 20.2. The number of nitrogens with zero attached hydrogens (tertiary/aromatic N) is 5. The van der Waals surface area contributed by atoms with E-state index in [4.69, 9.17) is 4.74 Å². The second-order valence-corrected chi connectivity index (χ2v) is 7.66. The molecule has 0 aliphatic carbocycles. The lowest BCUT2D eigenvalue weighted by molar-refractivity contribution is -0.126. The van der Waals surface area contributed by atoms with Gasteiger partial charge in [0, 0.05) is 31.8 Å². The first-order valence-electron chi connectivity index (χ1n) is 10.1. The van der Waals surface area contributed by atoms with Gasteiger partial charge in [0.1, 0.15) is 24.1 Å². The van der Waals surface area contributed by atoms with Gasteiger partial charge in [0.15, 0.2) is 0 Å². The van der Waals surface area contributed by atoms with Crippen molar-refractivity contribution in [3.8, 4) is 5.69 Å². The van der Waals surface area contributed by atoms with Crippen LogP contribution in [-0.2, 0) is 16.1 Å². The van der Waals surface area contributed by atoms with Crippen molar-refractivity contribution in [3.05, 3.63) is 60.2 Å². The zero-order chi connectivity index (χ0) is 21.1. The van der Waals surface area contributed by atoms with Crippen molar-refractivity contribution in [1.82, 2.24) is 29.9 Å². The summed E-state index contributed by atoms with van der Waals surface area (Å²) in [5, 5.41) is 15.4. The summed E-state index contributed by atoms with van der Waals surface area (Å²) in [6, 6.07) is 7.92. The smallest absolute Gasteiger partial charge is 0.226 e. The maximum atomic E-state index is 13.3. The molecule has 0 radical (unpaired) electrons. The van der Waals surface area contributed by atoms with E-state index in [2.05, 4.69) is 34.5 Å². The van der Waals surface area contributed by atoms with Crippen LogP contribution in [0.3, 0.4) is 0 Å². The molecule has 0 spiro atoms. The zero-order valence-electron chi connectivity index (χ0n) is 17.0. The third-order valence-corrected chi connectivity index (χ3v) is 5.28. The minimum absolute atomic E-state index is 0.0523. The van der Waals surface area contributed by atoms with Crippen LogP contribution in [0.4, 0.5) is 4.39 Å². The molecular formula is C21H25FN6O2. The number of benzene rings is 1. The average molecular weight is 412 g/mol. The Morgan fingerprint density at radius 3 is 2.87 bits per heavy atom. The van der Waals surface area contributed by atoms with Gasteiger partial charge in [-0.2, -0.15) is 5.10 Å². The first-order chi connectivity index (χ1) is 14.5. The van der Waals surface area contributed by atoms with Crippen LogP contribution in [0.5, 0.6) is 0 Å². The lowest BCUT2D eigenvalue weighted by atomic mass is 9.98. The number of ether oxygens (including phenoxy) is 1. The predicted molar refractivity (Wildman–Crippen MR) is 107 cm³/mol. The van der Waals surface area contributed by atoms with E-state index in [1.54, 1.807) is 29.3 Å². The summed E-state index contributed by atoms with van der Waals surface area (Å²) in [7, 11) is 0. The molecule has 1 amide bonds. The molecule has 1 aliphatic rings. The first-order valence-corrected chi connectivity index (χ1v) is 10.1. The van der Waals surface area contributed by atoms with Gasteiger partial charge in [0.25, 0.3) is 0 Å². The van der Waals surface area contributed by atoms with Gasteiger partial charge in [0.05, 0.1) is 17.3 Å². The van der Waals surface area contributed by atoms with Crippen molar-refractivity contribution < 1.29 is 13.9 Å². The summed E-state index contributed by atoms with van der Waals surface area (Å²) < 4.78 is 22.8. The summed E-state index contributed by atoms with van der Waals surface area (Å²) in [5.41, 5.74) is 1.50. The highest BCUT2D eigenvalue weighted by Gasteiger charge is 2.37. The number of rotatable bonds is 7. The number of nitrogens with one attached hydrogen (secondary N) is 1. The van der Waals surface area contributed by atoms with Crippen LogP contribution in [0.15, 0.2) is 42.9 Å². The van der Waals surface area contributed by atoms with Crippen molar-refractivity contribution >= 4 is 5.91 Å². The molecule has 0 bridgehead atoms. The Labute approximate surface area is 174 Å². The van der Waals surface area contributed by atoms with Crippen molar-refractivity contribution in [2.75, 3.05) is 13.2 Å². The quantitative estimate of drug-likeness (QED) is 0.645. The summed E-state index contributed by atoms with van der Waals surface area (Å²) >= 11 is 0. The van der Waals surface area contributed by atoms with Gasteiger partial charge in [-0.3, -0.25) is 4.79 Å². The largest absolute Gasteiger partial charge is 0.371 e. The van der Waals surface area contributed by atoms with E-state index in [9.17, 15) is 9.18 Å². The molecular weight excluding hydrogens is 387 g/mol. The van der Waals surface area contributed by atoms with E-state index in [-0.39, 0.29) is 23.6 Å². The lowest BCUT2D eigenvalue weighted by Gasteiger charge is -2.20. The third kappa shape index (κ3) is 4.11. The number of hydrogen-bond acceptors (Lipinski definition) is 5. The number of carbonyl (C=O) groups excluding carboxylic acids is 1. The van der Waals surface area contributed by atoms with Gasteiger partial charge in [-0.05, 0) is 36.8 Å². The Morgan fingerprint density at radius 2 is 2.10 bits per heavy atom. The minimum Gasteiger partial charge on any atom is -0.371 e. The Balaban J connectivity index is 1.43. The molecule has 0 saturated carbocycles. The van der Waals surface area contributed by atoms with Crippen LogP contribution >= 0.6 is 0 Å². The zero-order valence-corrected chi connectivity index (χ0v) is 17.0. The van der Waals surface area contributed by atoms with E-state index < -0.39 is 6.10 Å². The second kappa shape index (κ2) is 8.74. The Hall–Kier alpha value is -3.07. The Morgan fingerprint density at radius 1 is 1.30 bits per heavy atom. The predicted octanol–water partition coefficient (Wildman–Crippen LogP) is 2.62. The van der Waals surface area contributed by atoms with Crippen LogP contribution in [0, 0.1) is 11.7 Å². The molecule has 1 aliphatic heterocycles. The molecule has 9 heteroatoms. The molecule has 1 aromatic carbocycles. The summed E-state index contributed by atoms with van der Waals surface area (Å²) in [4.78, 5) is 12.9. The molecule has 1 fully saturated rings. The van der Waals surface area contributed by atoms with Crippen molar-refractivity contribution in [2.24, 2.45) is 5.92 Å². The topological polar surface area (TPSA) is 86.9 Å². The Bertz CT molecular complexity index is 997. The molecule has 2 aromatic heterocycles. The highest BCUT2D eigenvalue weighted by Crippen LogP contribution is 2.35. The van der Waals surface area contributed by atoms with Crippen molar-refractivity contribution in [1.29, 1.82) is 0 Å². The number of halogens is 1. The number of amides is 1. The summed E-state index contributed by atoms with van der Waals surface area (Å²) in [6.45, 7) is 5.71. The fraction of sp³-hybridized carbons (Fsp3) is 0.429. The van der Waals surface area contributed by atoms with Gasteiger partial charge in [-0.15, -0.1) is 10.2 Å². The number of carbonyl (C=O) groups is 1. The fourth-order valence-electron chi connectivity index (χ4n) is 3.79. The number of hydrogen-bond donors (Lipinski definition) is 1. The normalized spacial score (nSPS) is 18.8. The SMILES string of the molecule is CC(C)c1nncn1CCNC(=O)[C@H]1CCO[C@@H]1c1ccnn1-c1ccc(F)cc1. The average Bonchev–Trinajstić information content (AvgIpc) is 3.47. The number of aromatic nitrogens is 5. The van der Waals surface area contributed by atoms with Crippen molar-refractivity contribution in [3.63, 3.8) is 0 Å².